The van der Waals surface area contributed by atoms with E-state index < -0.39 is 9.84 Å². The number of allylic oxidation sites excluding steroid dienone is 4. The van der Waals surface area contributed by atoms with Gasteiger partial charge in [0, 0.05) is 0 Å². The summed E-state index contributed by atoms with van der Waals surface area (Å²) in [4.78, 5) is 0.474. The molecule has 0 unspecified atom stereocenters. The average molecular weight is 314 g/mol. The van der Waals surface area contributed by atoms with Gasteiger partial charge in [-0.05, 0) is 48.6 Å². The first kappa shape index (κ1) is 14.3. The predicted molar refractivity (Wildman–Crippen MR) is 88.1 cm³/mol. The standard InChI is InChI=1S/C19H22O2S/c1-12-10-17(22(20,21)16-6-4-3-5-7-16)13(2)19-15-9-8-14(11-15)18(12)19/h3-9,12-15,17H,10-11H2,1-2H3/t12-,13-,14-,15-,17-/m0/s1. The molecule has 0 amide bonds. The second-order valence-corrected chi connectivity index (χ2v) is 9.23. The number of rotatable bonds is 2. The van der Waals surface area contributed by atoms with Gasteiger partial charge in [0.15, 0.2) is 9.84 Å². The summed E-state index contributed by atoms with van der Waals surface area (Å²) in [6, 6.07) is 8.96. The molecule has 1 aromatic carbocycles. The summed E-state index contributed by atoms with van der Waals surface area (Å²) < 4.78 is 26.2. The largest absolute Gasteiger partial charge is 0.223 e. The molecule has 2 nitrogen and oxygen atoms in total. The third-order valence-electron chi connectivity index (χ3n) is 5.85. The summed E-state index contributed by atoms with van der Waals surface area (Å²) in [5, 5.41) is -0.281. The maximum absolute atomic E-state index is 13.1. The van der Waals surface area contributed by atoms with E-state index in [0.717, 1.165) is 6.42 Å². The summed E-state index contributed by atoms with van der Waals surface area (Å²) in [6.07, 6.45) is 6.56. The van der Waals surface area contributed by atoms with Crippen molar-refractivity contribution in [2.24, 2.45) is 23.7 Å². The van der Waals surface area contributed by atoms with E-state index in [0.29, 0.717) is 22.6 Å². The molecule has 0 aromatic heterocycles. The SMILES string of the molecule is C[C@@H]1C2=C([C@@H](C)C[C@@H]1S(=O)(=O)c1ccccc1)[C@H]1C=C[C@H]2C1. The summed E-state index contributed by atoms with van der Waals surface area (Å²) in [6.45, 7) is 4.34. The van der Waals surface area contributed by atoms with E-state index in [1.165, 1.54) is 12.0 Å². The lowest BCUT2D eigenvalue weighted by molar-refractivity contribution is 0.427. The van der Waals surface area contributed by atoms with E-state index in [1.807, 2.05) is 18.2 Å². The fourth-order valence-electron chi connectivity index (χ4n) is 4.90. The molecule has 5 atom stereocenters. The molecular weight excluding hydrogens is 292 g/mol. The van der Waals surface area contributed by atoms with Crippen molar-refractivity contribution in [3.8, 4) is 0 Å². The summed E-state index contributed by atoms with van der Waals surface area (Å²) in [5.74, 6) is 1.59. The Bertz CT molecular complexity index is 758. The van der Waals surface area contributed by atoms with E-state index in [1.54, 1.807) is 17.7 Å². The Morgan fingerprint density at radius 2 is 1.55 bits per heavy atom. The molecule has 0 radical (unpaired) electrons. The second kappa shape index (κ2) is 4.82. The van der Waals surface area contributed by atoms with Crippen molar-refractivity contribution in [3.05, 3.63) is 53.6 Å². The van der Waals surface area contributed by atoms with Gasteiger partial charge in [-0.2, -0.15) is 0 Å². The molecule has 3 heteroatoms. The van der Waals surface area contributed by atoms with Gasteiger partial charge < -0.3 is 0 Å². The van der Waals surface area contributed by atoms with Crippen LogP contribution in [-0.2, 0) is 9.84 Å². The molecule has 3 aliphatic rings. The van der Waals surface area contributed by atoms with Crippen molar-refractivity contribution in [3.63, 3.8) is 0 Å². The number of hydrogen-bond donors (Lipinski definition) is 0. The zero-order valence-corrected chi connectivity index (χ0v) is 13.9. The Labute approximate surface area is 132 Å². The molecule has 0 saturated carbocycles. The molecule has 3 aliphatic carbocycles. The first-order chi connectivity index (χ1) is 10.5. The Hall–Kier alpha value is -1.35. The van der Waals surface area contributed by atoms with E-state index in [2.05, 4.69) is 26.0 Å². The maximum Gasteiger partial charge on any atom is 0.181 e. The van der Waals surface area contributed by atoms with Gasteiger partial charge in [-0.1, -0.05) is 55.3 Å². The van der Waals surface area contributed by atoms with Crippen LogP contribution in [-0.4, -0.2) is 13.7 Å². The van der Waals surface area contributed by atoms with Crippen LogP contribution in [0.2, 0.25) is 0 Å². The van der Waals surface area contributed by atoms with Crippen LogP contribution in [0.25, 0.3) is 0 Å². The highest BCUT2D eigenvalue weighted by molar-refractivity contribution is 7.92. The highest BCUT2D eigenvalue weighted by Crippen LogP contribution is 2.55. The molecule has 0 spiro atoms. The molecule has 0 aliphatic heterocycles. The van der Waals surface area contributed by atoms with Crippen LogP contribution < -0.4 is 0 Å². The van der Waals surface area contributed by atoms with Crippen molar-refractivity contribution in [1.29, 1.82) is 0 Å². The van der Waals surface area contributed by atoms with Gasteiger partial charge in [-0.25, -0.2) is 8.42 Å². The molecule has 0 N–H and O–H groups in total. The maximum atomic E-state index is 13.1. The normalized spacial score (nSPS) is 36.7. The van der Waals surface area contributed by atoms with Gasteiger partial charge in [0.1, 0.15) is 0 Å². The van der Waals surface area contributed by atoms with Gasteiger partial charge in [0.2, 0.25) is 0 Å². The molecule has 0 fully saturated rings. The molecular formula is C19H22O2S. The number of fused-ring (bicyclic) bond motifs is 4. The van der Waals surface area contributed by atoms with Crippen molar-refractivity contribution in [2.45, 2.75) is 36.8 Å². The minimum atomic E-state index is -3.26. The van der Waals surface area contributed by atoms with Crippen LogP contribution >= 0.6 is 0 Å². The monoisotopic (exact) mass is 314 g/mol. The molecule has 0 heterocycles. The van der Waals surface area contributed by atoms with Gasteiger partial charge in [-0.15, -0.1) is 0 Å². The van der Waals surface area contributed by atoms with E-state index in [9.17, 15) is 8.42 Å². The Kier molecular flexibility index (Phi) is 3.12. The molecule has 22 heavy (non-hydrogen) atoms. The molecule has 4 rings (SSSR count). The van der Waals surface area contributed by atoms with Crippen LogP contribution in [0.4, 0.5) is 0 Å². The average Bonchev–Trinajstić information content (AvgIpc) is 3.13. The lowest BCUT2D eigenvalue weighted by Gasteiger charge is -2.37. The number of hydrogen-bond acceptors (Lipinski definition) is 2. The Morgan fingerprint density at radius 1 is 0.909 bits per heavy atom. The molecule has 116 valence electrons. The van der Waals surface area contributed by atoms with Gasteiger partial charge in [0.05, 0.1) is 10.1 Å². The fraction of sp³-hybridized carbons (Fsp3) is 0.474. The zero-order chi connectivity index (χ0) is 15.5. The van der Waals surface area contributed by atoms with Crippen molar-refractivity contribution in [1.82, 2.24) is 0 Å². The van der Waals surface area contributed by atoms with E-state index in [4.69, 9.17) is 0 Å². The minimum Gasteiger partial charge on any atom is -0.223 e. The zero-order valence-electron chi connectivity index (χ0n) is 13.1. The number of sulfone groups is 1. The topological polar surface area (TPSA) is 34.1 Å². The third kappa shape index (κ3) is 1.88. The van der Waals surface area contributed by atoms with Crippen LogP contribution in [0.15, 0.2) is 58.5 Å². The number of benzene rings is 1. The molecule has 1 aromatic rings. The van der Waals surface area contributed by atoms with E-state index >= 15 is 0 Å². The summed E-state index contributed by atoms with van der Waals surface area (Å²) in [5.41, 5.74) is 3.00. The van der Waals surface area contributed by atoms with Gasteiger partial charge in [-0.3, -0.25) is 0 Å². The third-order valence-corrected chi connectivity index (χ3v) is 8.18. The quantitative estimate of drug-likeness (QED) is 0.773. The minimum absolute atomic E-state index is 0.136. The summed E-state index contributed by atoms with van der Waals surface area (Å²) in [7, 11) is -3.26. The van der Waals surface area contributed by atoms with Crippen LogP contribution in [0.3, 0.4) is 0 Å². The Morgan fingerprint density at radius 3 is 2.23 bits per heavy atom. The van der Waals surface area contributed by atoms with E-state index in [-0.39, 0.29) is 11.2 Å². The van der Waals surface area contributed by atoms with Crippen LogP contribution in [0, 0.1) is 23.7 Å². The van der Waals surface area contributed by atoms with Gasteiger partial charge in [0.25, 0.3) is 0 Å². The van der Waals surface area contributed by atoms with Crippen LogP contribution in [0.5, 0.6) is 0 Å². The van der Waals surface area contributed by atoms with Gasteiger partial charge >= 0.3 is 0 Å². The smallest absolute Gasteiger partial charge is 0.181 e. The van der Waals surface area contributed by atoms with Crippen molar-refractivity contribution < 1.29 is 8.42 Å². The van der Waals surface area contributed by atoms with Crippen molar-refractivity contribution >= 4 is 9.84 Å². The van der Waals surface area contributed by atoms with Crippen molar-refractivity contribution in [2.75, 3.05) is 0 Å². The highest BCUT2D eigenvalue weighted by Gasteiger charge is 2.48. The van der Waals surface area contributed by atoms with Crippen LogP contribution in [0.1, 0.15) is 26.7 Å². The first-order valence-corrected chi connectivity index (χ1v) is 9.76. The molecule has 0 saturated heterocycles. The summed E-state index contributed by atoms with van der Waals surface area (Å²) >= 11 is 0. The first-order valence-electron chi connectivity index (χ1n) is 8.21. The second-order valence-electron chi connectivity index (χ2n) is 7.07. The lowest BCUT2D eigenvalue weighted by Crippen LogP contribution is -2.37. The fourth-order valence-corrected chi connectivity index (χ4v) is 7.01. The lowest BCUT2D eigenvalue weighted by atomic mass is 9.73. The molecule has 2 bridgehead atoms. The predicted octanol–water partition coefficient (Wildman–Crippen LogP) is 4.01. The highest BCUT2D eigenvalue weighted by atomic mass is 32.2. The Balaban J connectivity index is 1.75.